The van der Waals surface area contributed by atoms with Gasteiger partial charge in [0.15, 0.2) is 0 Å². The summed E-state index contributed by atoms with van der Waals surface area (Å²) in [7, 11) is -2.69. The summed E-state index contributed by atoms with van der Waals surface area (Å²) in [5.41, 5.74) is 0.558. The molecule has 6 nitrogen and oxygen atoms in total. The average molecular weight is 351 g/mol. The molecule has 0 unspecified atom stereocenters. The topological polar surface area (TPSA) is 96.3 Å². The van der Waals surface area contributed by atoms with E-state index in [2.05, 4.69) is 9.46 Å². The number of hydrogen-bond acceptors (Lipinski definition) is 5. The van der Waals surface area contributed by atoms with Gasteiger partial charge >= 0.3 is 5.97 Å². The zero-order valence-corrected chi connectivity index (χ0v) is 13.5. The van der Waals surface area contributed by atoms with Crippen LogP contribution in [0.15, 0.2) is 47.4 Å². The molecule has 2 aromatic carbocycles. The summed E-state index contributed by atoms with van der Waals surface area (Å²) in [4.78, 5) is 11.5. The average Bonchev–Trinajstić information content (AvgIpc) is 2.56. The quantitative estimate of drug-likeness (QED) is 0.855. The Morgan fingerprint density at radius 1 is 1.22 bits per heavy atom. The van der Waals surface area contributed by atoms with Crippen molar-refractivity contribution in [1.29, 1.82) is 5.26 Å². The number of esters is 1. The smallest absolute Gasteiger partial charge is 0.337 e. The molecule has 0 fully saturated rings. The Morgan fingerprint density at radius 2 is 1.87 bits per heavy atom. The summed E-state index contributed by atoms with van der Waals surface area (Å²) in [5, 5.41) is 8.87. The molecule has 2 rings (SSSR count). The van der Waals surface area contributed by atoms with Gasteiger partial charge in [-0.15, -0.1) is 0 Å². The van der Waals surface area contributed by atoms with Crippen molar-refractivity contribution in [3.8, 4) is 6.07 Å². The van der Waals surface area contributed by atoms with Gasteiger partial charge in [0.25, 0.3) is 10.0 Å². The van der Waals surface area contributed by atoms with Crippen molar-refractivity contribution in [2.45, 2.75) is 4.90 Å². The van der Waals surface area contributed by atoms with Crippen LogP contribution in [0.2, 0.25) is 5.02 Å². The fraction of sp³-hybridized carbons (Fsp3) is 0.0667. The van der Waals surface area contributed by atoms with Crippen LogP contribution in [0.3, 0.4) is 0 Å². The number of methoxy groups -OCH3 is 1. The van der Waals surface area contributed by atoms with Crippen molar-refractivity contribution in [2.24, 2.45) is 0 Å². The normalized spacial score (nSPS) is 10.7. The van der Waals surface area contributed by atoms with Gasteiger partial charge in [-0.25, -0.2) is 13.2 Å². The molecule has 0 atom stereocenters. The lowest BCUT2D eigenvalue weighted by Gasteiger charge is -2.11. The van der Waals surface area contributed by atoms with E-state index in [4.69, 9.17) is 16.9 Å². The summed E-state index contributed by atoms with van der Waals surface area (Å²) < 4.78 is 31.6. The van der Waals surface area contributed by atoms with Crippen LogP contribution >= 0.6 is 11.6 Å². The number of ether oxygens (including phenoxy) is 1. The van der Waals surface area contributed by atoms with Crippen molar-refractivity contribution in [3.63, 3.8) is 0 Å². The third kappa shape index (κ3) is 3.80. The first-order valence-electron chi connectivity index (χ1n) is 6.28. The Hall–Kier alpha value is -2.56. The Balaban J connectivity index is 2.36. The van der Waals surface area contributed by atoms with Crippen molar-refractivity contribution in [3.05, 3.63) is 58.6 Å². The van der Waals surface area contributed by atoms with E-state index in [0.717, 1.165) is 0 Å². The molecule has 0 spiro atoms. The zero-order chi connectivity index (χ0) is 17.0. The SMILES string of the molecule is COC(=O)c1ccc(Cl)c(NS(=O)(=O)c2ccc(C#N)cc2)c1. The number of nitriles is 1. The molecule has 2 aromatic rings. The lowest BCUT2D eigenvalue weighted by molar-refractivity contribution is 0.0601. The number of sulfonamides is 1. The molecule has 0 saturated heterocycles. The van der Waals surface area contributed by atoms with Gasteiger partial charge in [-0.2, -0.15) is 5.26 Å². The van der Waals surface area contributed by atoms with Crippen LogP contribution in [0, 0.1) is 11.3 Å². The molecule has 0 amide bonds. The van der Waals surface area contributed by atoms with Crippen LogP contribution in [0.25, 0.3) is 0 Å². The molecular formula is C15H11ClN2O4S. The number of rotatable bonds is 4. The number of benzene rings is 2. The second-order valence-electron chi connectivity index (χ2n) is 4.43. The molecule has 118 valence electrons. The monoisotopic (exact) mass is 350 g/mol. The number of carbonyl (C=O) groups is 1. The van der Waals surface area contributed by atoms with Gasteiger partial charge < -0.3 is 4.74 Å². The molecule has 0 bridgehead atoms. The highest BCUT2D eigenvalue weighted by molar-refractivity contribution is 7.92. The minimum absolute atomic E-state index is 0.0314. The fourth-order valence-corrected chi connectivity index (χ4v) is 3.05. The molecule has 0 aliphatic carbocycles. The molecule has 0 saturated carbocycles. The van der Waals surface area contributed by atoms with Gasteiger partial charge in [-0.1, -0.05) is 11.6 Å². The second-order valence-corrected chi connectivity index (χ2v) is 6.52. The Kier molecular flexibility index (Phi) is 4.89. The molecule has 0 aliphatic heterocycles. The van der Waals surface area contributed by atoms with Crippen LogP contribution in [0.4, 0.5) is 5.69 Å². The minimum Gasteiger partial charge on any atom is -0.465 e. The molecule has 23 heavy (non-hydrogen) atoms. The van der Waals surface area contributed by atoms with Gasteiger partial charge in [0.05, 0.1) is 39.9 Å². The van der Waals surface area contributed by atoms with E-state index in [1.54, 1.807) is 0 Å². The summed E-state index contributed by atoms with van der Waals surface area (Å²) in [6.07, 6.45) is 0. The first-order chi connectivity index (χ1) is 10.9. The van der Waals surface area contributed by atoms with Gasteiger partial charge in [0.2, 0.25) is 0 Å². The highest BCUT2D eigenvalue weighted by Crippen LogP contribution is 2.26. The third-order valence-corrected chi connectivity index (χ3v) is 4.64. The number of carbonyl (C=O) groups excluding carboxylic acids is 1. The molecule has 0 radical (unpaired) electrons. The molecule has 0 aliphatic rings. The highest BCUT2D eigenvalue weighted by Gasteiger charge is 2.17. The maximum absolute atomic E-state index is 12.3. The number of anilines is 1. The Morgan fingerprint density at radius 3 is 2.43 bits per heavy atom. The molecular weight excluding hydrogens is 340 g/mol. The zero-order valence-electron chi connectivity index (χ0n) is 11.9. The van der Waals surface area contributed by atoms with Gasteiger partial charge in [-0.05, 0) is 42.5 Å². The lowest BCUT2D eigenvalue weighted by atomic mass is 10.2. The Labute approximate surface area is 138 Å². The van der Waals surface area contributed by atoms with Crippen molar-refractivity contribution >= 4 is 33.3 Å². The van der Waals surface area contributed by atoms with Crippen LogP contribution in [-0.2, 0) is 14.8 Å². The van der Waals surface area contributed by atoms with E-state index in [0.29, 0.717) is 5.56 Å². The van der Waals surface area contributed by atoms with Gasteiger partial charge in [0.1, 0.15) is 0 Å². The van der Waals surface area contributed by atoms with Crippen LogP contribution in [-0.4, -0.2) is 21.5 Å². The van der Waals surface area contributed by atoms with Gasteiger partial charge in [0, 0.05) is 0 Å². The maximum Gasteiger partial charge on any atom is 0.337 e. The minimum atomic E-state index is -3.91. The predicted octanol–water partition coefficient (Wildman–Crippen LogP) is 2.80. The van der Waals surface area contributed by atoms with E-state index >= 15 is 0 Å². The molecule has 8 heteroatoms. The van der Waals surface area contributed by atoms with Crippen molar-refractivity contribution in [1.82, 2.24) is 0 Å². The summed E-state index contributed by atoms with van der Waals surface area (Å²) in [5.74, 6) is -0.611. The van der Waals surface area contributed by atoms with E-state index < -0.39 is 16.0 Å². The standard InChI is InChI=1S/C15H11ClN2O4S/c1-22-15(19)11-4-7-13(16)14(8-11)18-23(20,21)12-5-2-10(9-17)3-6-12/h2-8,18H,1H3. The molecule has 1 N–H and O–H groups in total. The van der Waals surface area contributed by atoms with Crippen LogP contribution in [0.5, 0.6) is 0 Å². The van der Waals surface area contributed by atoms with E-state index in [1.165, 1.54) is 49.6 Å². The number of hydrogen-bond donors (Lipinski definition) is 1. The van der Waals surface area contributed by atoms with Crippen LogP contribution < -0.4 is 4.72 Å². The lowest BCUT2D eigenvalue weighted by Crippen LogP contribution is -2.14. The largest absolute Gasteiger partial charge is 0.465 e. The Bertz CT molecular complexity index is 887. The first kappa shape index (κ1) is 16.8. The summed E-state index contributed by atoms with van der Waals surface area (Å²) >= 11 is 5.96. The number of halogens is 1. The second kappa shape index (κ2) is 6.69. The number of nitrogens with one attached hydrogen (secondary N) is 1. The highest BCUT2D eigenvalue weighted by atomic mass is 35.5. The first-order valence-corrected chi connectivity index (χ1v) is 8.14. The predicted molar refractivity (Wildman–Crippen MR) is 84.8 cm³/mol. The van der Waals surface area contributed by atoms with E-state index in [9.17, 15) is 13.2 Å². The molecule has 0 heterocycles. The molecule has 0 aromatic heterocycles. The number of nitrogens with zero attached hydrogens (tertiary/aromatic N) is 1. The van der Waals surface area contributed by atoms with E-state index in [-0.39, 0.29) is 21.2 Å². The summed E-state index contributed by atoms with van der Waals surface area (Å²) in [6, 6.07) is 11.4. The van der Waals surface area contributed by atoms with E-state index in [1.807, 2.05) is 6.07 Å². The van der Waals surface area contributed by atoms with Crippen molar-refractivity contribution in [2.75, 3.05) is 11.8 Å². The van der Waals surface area contributed by atoms with Crippen LogP contribution in [0.1, 0.15) is 15.9 Å². The fourth-order valence-electron chi connectivity index (χ4n) is 1.76. The van der Waals surface area contributed by atoms with Gasteiger partial charge in [-0.3, -0.25) is 4.72 Å². The van der Waals surface area contributed by atoms with Crippen molar-refractivity contribution < 1.29 is 17.9 Å². The maximum atomic E-state index is 12.3. The third-order valence-electron chi connectivity index (χ3n) is 2.93. The summed E-state index contributed by atoms with van der Waals surface area (Å²) in [6.45, 7) is 0.